The first-order valence-corrected chi connectivity index (χ1v) is 8.11. The van der Waals surface area contributed by atoms with Crippen LogP contribution < -0.4 is 11.5 Å². The van der Waals surface area contributed by atoms with Gasteiger partial charge < -0.3 is 16.2 Å². The molecule has 1 atom stereocenters. The van der Waals surface area contributed by atoms with E-state index in [0.29, 0.717) is 0 Å². The minimum Gasteiger partial charge on any atom is -0.459 e. The molecule has 1 unspecified atom stereocenters. The Bertz CT molecular complexity index is 255. The van der Waals surface area contributed by atoms with Crippen LogP contribution in [0.25, 0.3) is 0 Å². The fraction of sp³-hybridized carbons (Fsp3) is 0.938. The van der Waals surface area contributed by atoms with Gasteiger partial charge in [0.2, 0.25) is 0 Å². The molecule has 0 aromatic carbocycles. The molecule has 0 fully saturated rings. The van der Waals surface area contributed by atoms with Gasteiger partial charge in [0.25, 0.3) is 0 Å². The largest absolute Gasteiger partial charge is 0.459 e. The molecule has 0 aliphatic heterocycles. The zero-order valence-corrected chi connectivity index (χ0v) is 13.6. The van der Waals surface area contributed by atoms with Gasteiger partial charge in [-0.1, -0.05) is 45.4 Å². The van der Waals surface area contributed by atoms with Crippen molar-refractivity contribution in [2.75, 3.05) is 6.54 Å². The van der Waals surface area contributed by atoms with Crippen molar-refractivity contribution in [1.29, 1.82) is 0 Å². The van der Waals surface area contributed by atoms with Crippen LogP contribution in [-0.2, 0) is 9.53 Å². The van der Waals surface area contributed by atoms with Gasteiger partial charge in [0, 0.05) is 0 Å². The molecule has 0 spiro atoms. The van der Waals surface area contributed by atoms with E-state index in [1.165, 1.54) is 25.7 Å². The zero-order chi connectivity index (χ0) is 15.4. The Morgan fingerprint density at radius 2 is 1.55 bits per heavy atom. The van der Waals surface area contributed by atoms with Gasteiger partial charge in [-0.15, -0.1) is 0 Å². The van der Waals surface area contributed by atoms with Crippen molar-refractivity contribution in [1.82, 2.24) is 0 Å². The van der Waals surface area contributed by atoms with Gasteiger partial charge in [0.15, 0.2) is 0 Å². The number of carbonyl (C=O) groups is 1. The van der Waals surface area contributed by atoms with Crippen LogP contribution in [-0.4, -0.2) is 24.2 Å². The number of hydrogen-bond acceptors (Lipinski definition) is 4. The van der Waals surface area contributed by atoms with Crippen molar-refractivity contribution in [3.05, 3.63) is 0 Å². The number of hydrogen-bond donors (Lipinski definition) is 2. The molecule has 0 aliphatic carbocycles. The van der Waals surface area contributed by atoms with E-state index in [9.17, 15) is 4.79 Å². The molecule has 0 heterocycles. The zero-order valence-electron chi connectivity index (χ0n) is 13.6. The van der Waals surface area contributed by atoms with Gasteiger partial charge in [-0.05, 0) is 39.7 Å². The van der Waals surface area contributed by atoms with E-state index in [2.05, 4.69) is 0 Å². The minimum atomic E-state index is -0.474. The average molecular weight is 286 g/mol. The normalized spacial score (nSPS) is 13.2. The van der Waals surface area contributed by atoms with Crippen LogP contribution in [0.1, 0.15) is 78.6 Å². The standard InChI is InChI=1S/C16H34N2O2/c1-4-16(2,3)20-15(19)14(18)12-10-8-6-5-7-9-11-13-17/h14H,4-13,17-18H2,1-3H3. The first kappa shape index (κ1) is 19.4. The Balaban J connectivity index is 3.57. The lowest BCUT2D eigenvalue weighted by molar-refractivity contribution is -0.158. The van der Waals surface area contributed by atoms with E-state index >= 15 is 0 Å². The van der Waals surface area contributed by atoms with Crippen LogP contribution >= 0.6 is 0 Å². The third-order valence-electron chi connectivity index (χ3n) is 3.75. The summed E-state index contributed by atoms with van der Waals surface area (Å²) in [5, 5.41) is 0. The smallest absolute Gasteiger partial charge is 0.323 e. The molecule has 20 heavy (non-hydrogen) atoms. The summed E-state index contributed by atoms with van der Waals surface area (Å²) in [5.74, 6) is -0.264. The number of carbonyl (C=O) groups excluding carboxylic acids is 1. The molecule has 4 N–H and O–H groups in total. The van der Waals surface area contributed by atoms with E-state index in [-0.39, 0.29) is 5.97 Å². The molecule has 0 aliphatic rings. The van der Waals surface area contributed by atoms with Crippen LogP contribution in [0.2, 0.25) is 0 Å². The van der Waals surface area contributed by atoms with Crippen molar-refractivity contribution in [2.24, 2.45) is 11.5 Å². The molecule has 4 nitrogen and oxygen atoms in total. The number of ether oxygens (including phenoxy) is 1. The highest BCUT2D eigenvalue weighted by Crippen LogP contribution is 2.16. The van der Waals surface area contributed by atoms with Crippen molar-refractivity contribution in [2.45, 2.75) is 90.2 Å². The molecular formula is C16H34N2O2. The minimum absolute atomic E-state index is 0.264. The number of unbranched alkanes of at least 4 members (excludes halogenated alkanes) is 6. The highest BCUT2D eigenvalue weighted by molar-refractivity contribution is 5.75. The summed E-state index contributed by atoms with van der Waals surface area (Å²) in [5.41, 5.74) is 10.9. The predicted molar refractivity (Wildman–Crippen MR) is 84.4 cm³/mol. The topological polar surface area (TPSA) is 78.3 Å². The fourth-order valence-electron chi connectivity index (χ4n) is 1.93. The predicted octanol–water partition coefficient (Wildman–Crippen LogP) is 3.13. The molecule has 4 heteroatoms. The van der Waals surface area contributed by atoms with Crippen molar-refractivity contribution in [3.8, 4) is 0 Å². The van der Waals surface area contributed by atoms with E-state index in [1.807, 2.05) is 20.8 Å². The number of rotatable bonds is 12. The monoisotopic (exact) mass is 286 g/mol. The summed E-state index contributed by atoms with van der Waals surface area (Å²) in [6, 6.07) is -0.474. The lowest BCUT2D eigenvalue weighted by Crippen LogP contribution is -2.38. The quantitative estimate of drug-likeness (QED) is 0.427. The Hall–Kier alpha value is -0.610. The molecular weight excluding hydrogens is 252 g/mol. The maximum Gasteiger partial charge on any atom is 0.323 e. The maximum absolute atomic E-state index is 11.8. The molecule has 0 rings (SSSR count). The second-order valence-corrected chi connectivity index (χ2v) is 6.19. The van der Waals surface area contributed by atoms with Gasteiger partial charge in [0.05, 0.1) is 0 Å². The summed E-state index contributed by atoms with van der Waals surface area (Å²) in [4.78, 5) is 11.8. The van der Waals surface area contributed by atoms with Crippen LogP contribution in [0.3, 0.4) is 0 Å². The summed E-state index contributed by atoms with van der Waals surface area (Å²) in [6.45, 7) is 6.63. The summed E-state index contributed by atoms with van der Waals surface area (Å²) in [7, 11) is 0. The van der Waals surface area contributed by atoms with Crippen LogP contribution in [0, 0.1) is 0 Å². The Morgan fingerprint density at radius 3 is 2.05 bits per heavy atom. The molecule has 0 amide bonds. The average Bonchev–Trinajstić information content (AvgIpc) is 2.41. The Labute approximate surface area is 124 Å². The SMILES string of the molecule is CCC(C)(C)OC(=O)C(N)CCCCCCCCCN. The van der Waals surface area contributed by atoms with Crippen LogP contribution in [0.15, 0.2) is 0 Å². The first-order chi connectivity index (χ1) is 9.43. The molecule has 0 bridgehead atoms. The Kier molecular flexibility index (Phi) is 10.8. The van der Waals surface area contributed by atoms with Crippen molar-refractivity contribution < 1.29 is 9.53 Å². The van der Waals surface area contributed by atoms with E-state index in [1.54, 1.807) is 0 Å². The number of nitrogens with two attached hydrogens (primary N) is 2. The lowest BCUT2D eigenvalue weighted by atomic mass is 10.0. The summed E-state index contributed by atoms with van der Waals surface area (Å²) in [6.07, 6.45) is 9.75. The lowest BCUT2D eigenvalue weighted by Gasteiger charge is -2.25. The summed E-state index contributed by atoms with van der Waals surface area (Å²) < 4.78 is 5.40. The fourth-order valence-corrected chi connectivity index (χ4v) is 1.93. The molecule has 120 valence electrons. The third-order valence-corrected chi connectivity index (χ3v) is 3.75. The van der Waals surface area contributed by atoms with Crippen LogP contribution in [0.5, 0.6) is 0 Å². The highest BCUT2D eigenvalue weighted by atomic mass is 16.6. The molecule has 0 saturated carbocycles. The maximum atomic E-state index is 11.8. The van der Waals surface area contributed by atoms with Gasteiger partial charge in [-0.2, -0.15) is 0 Å². The molecule has 0 aromatic heterocycles. The third kappa shape index (κ3) is 10.2. The van der Waals surface area contributed by atoms with E-state index < -0.39 is 11.6 Å². The van der Waals surface area contributed by atoms with Gasteiger partial charge in [0.1, 0.15) is 11.6 Å². The molecule has 0 aromatic rings. The second kappa shape index (κ2) is 11.1. The first-order valence-electron chi connectivity index (χ1n) is 8.11. The van der Waals surface area contributed by atoms with Crippen molar-refractivity contribution in [3.63, 3.8) is 0 Å². The van der Waals surface area contributed by atoms with Crippen LogP contribution in [0.4, 0.5) is 0 Å². The number of esters is 1. The van der Waals surface area contributed by atoms with Gasteiger partial charge >= 0.3 is 5.97 Å². The van der Waals surface area contributed by atoms with E-state index in [0.717, 1.165) is 38.6 Å². The summed E-state index contributed by atoms with van der Waals surface area (Å²) >= 11 is 0. The second-order valence-electron chi connectivity index (χ2n) is 6.19. The highest BCUT2D eigenvalue weighted by Gasteiger charge is 2.24. The van der Waals surface area contributed by atoms with E-state index in [4.69, 9.17) is 16.2 Å². The Morgan fingerprint density at radius 1 is 1.05 bits per heavy atom. The van der Waals surface area contributed by atoms with Gasteiger partial charge in [-0.25, -0.2) is 0 Å². The molecule has 0 saturated heterocycles. The molecule has 0 radical (unpaired) electrons. The van der Waals surface area contributed by atoms with Gasteiger partial charge in [-0.3, -0.25) is 4.79 Å². The van der Waals surface area contributed by atoms with Crippen molar-refractivity contribution >= 4 is 5.97 Å².